The summed E-state index contributed by atoms with van der Waals surface area (Å²) in [6, 6.07) is 0. The van der Waals surface area contributed by atoms with Gasteiger partial charge in [0.25, 0.3) is 0 Å². The summed E-state index contributed by atoms with van der Waals surface area (Å²) in [5.41, 5.74) is 0.165. The molecule has 0 radical (unpaired) electrons. The summed E-state index contributed by atoms with van der Waals surface area (Å²) in [4.78, 5) is 4.29. The highest BCUT2D eigenvalue weighted by molar-refractivity contribution is 9.10. The van der Waals surface area contributed by atoms with Gasteiger partial charge in [-0.05, 0) is 36.7 Å². The van der Waals surface area contributed by atoms with Gasteiger partial charge in [0.05, 0.1) is 0 Å². The molecule has 0 aliphatic rings. The molecule has 0 amide bonds. The van der Waals surface area contributed by atoms with Gasteiger partial charge in [0.15, 0.2) is 0 Å². The zero-order valence-electron chi connectivity index (χ0n) is 7.52. The zero-order valence-corrected chi connectivity index (χ0v) is 9.92. The third kappa shape index (κ3) is 3.65. The third-order valence-electron chi connectivity index (χ3n) is 1.29. The number of halogens is 1. The summed E-state index contributed by atoms with van der Waals surface area (Å²) >= 11 is 4.99. The second-order valence-corrected chi connectivity index (χ2v) is 5.42. The van der Waals surface area contributed by atoms with Crippen molar-refractivity contribution in [2.45, 2.75) is 32.9 Å². The fourth-order valence-electron chi connectivity index (χ4n) is 0.710. The van der Waals surface area contributed by atoms with Crippen molar-refractivity contribution < 1.29 is 0 Å². The van der Waals surface area contributed by atoms with Crippen LogP contribution in [0.1, 0.15) is 25.8 Å². The molecule has 0 saturated carbocycles. The lowest BCUT2D eigenvalue weighted by Gasteiger charge is -2.19. The Balaban J connectivity index is 2.44. The van der Waals surface area contributed by atoms with E-state index < -0.39 is 0 Å². The van der Waals surface area contributed by atoms with Crippen LogP contribution in [-0.4, -0.2) is 10.5 Å². The van der Waals surface area contributed by atoms with Crippen LogP contribution in [0.25, 0.3) is 0 Å². The van der Waals surface area contributed by atoms with E-state index in [1.165, 1.54) is 0 Å². The molecular weight excluding hydrogens is 236 g/mol. The van der Waals surface area contributed by atoms with E-state index in [1.54, 1.807) is 11.3 Å². The Bertz CT molecular complexity index is 252. The van der Waals surface area contributed by atoms with E-state index in [1.807, 2.05) is 5.38 Å². The van der Waals surface area contributed by atoms with E-state index in [2.05, 4.69) is 47.0 Å². The smallest absolute Gasteiger partial charge is 0.117 e. The molecule has 1 heterocycles. The maximum absolute atomic E-state index is 4.29. The van der Waals surface area contributed by atoms with Crippen LogP contribution in [0, 0.1) is 0 Å². The first-order chi connectivity index (χ1) is 5.47. The monoisotopic (exact) mass is 248 g/mol. The van der Waals surface area contributed by atoms with E-state index >= 15 is 0 Å². The molecular formula is C8H13BrN2S. The molecule has 0 bridgehead atoms. The molecule has 2 nitrogen and oxygen atoms in total. The van der Waals surface area contributed by atoms with Gasteiger partial charge in [0, 0.05) is 17.5 Å². The molecule has 1 aromatic heterocycles. The van der Waals surface area contributed by atoms with Crippen molar-refractivity contribution in [1.82, 2.24) is 10.3 Å². The van der Waals surface area contributed by atoms with Crippen molar-refractivity contribution in [2.24, 2.45) is 0 Å². The van der Waals surface area contributed by atoms with Crippen molar-refractivity contribution in [3.05, 3.63) is 15.0 Å². The number of thiazole rings is 1. The number of rotatable bonds is 2. The van der Waals surface area contributed by atoms with Crippen LogP contribution in [0.3, 0.4) is 0 Å². The average molecular weight is 249 g/mol. The van der Waals surface area contributed by atoms with Crippen LogP contribution in [0.5, 0.6) is 0 Å². The molecule has 0 aliphatic heterocycles. The summed E-state index contributed by atoms with van der Waals surface area (Å²) in [5, 5.41) is 6.50. The summed E-state index contributed by atoms with van der Waals surface area (Å²) in [5.74, 6) is 0. The standard InChI is InChI=1S/C8H13BrN2S/c1-8(2,3)10-4-7-11-6(9)5-12-7/h5,10H,4H2,1-3H3. The fraction of sp³-hybridized carbons (Fsp3) is 0.625. The number of nitrogens with zero attached hydrogens (tertiary/aromatic N) is 1. The summed E-state index contributed by atoms with van der Waals surface area (Å²) < 4.78 is 0.929. The Hall–Kier alpha value is 0.0700. The van der Waals surface area contributed by atoms with Gasteiger partial charge in [0.1, 0.15) is 9.61 Å². The van der Waals surface area contributed by atoms with Crippen molar-refractivity contribution in [3.63, 3.8) is 0 Å². The molecule has 0 atom stereocenters. The van der Waals surface area contributed by atoms with Gasteiger partial charge in [0.2, 0.25) is 0 Å². The number of hydrogen-bond acceptors (Lipinski definition) is 3. The Morgan fingerprint density at radius 1 is 1.58 bits per heavy atom. The van der Waals surface area contributed by atoms with Gasteiger partial charge in [-0.15, -0.1) is 11.3 Å². The molecule has 1 N–H and O–H groups in total. The Morgan fingerprint density at radius 3 is 2.67 bits per heavy atom. The number of nitrogens with one attached hydrogen (secondary N) is 1. The van der Waals surface area contributed by atoms with E-state index in [4.69, 9.17) is 0 Å². The fourth-order valence-corrected chi connectivity index (χ4v) is 1.91. The largest absolute Gasteiger partial charge is 0.306 e. The first-order valence-electron chi connectivity index (χ1n) is 3.82. The van der Waals surface area contributed by atoms with Gasteiger partial charge in [-0.25, -0.2) is 4.98 Å². The maximum Gasteiger partial charge on any atom is 0.117 e. The molecule has 4 heteroatoms. The summed E-state index contributed by atoms with van der Waals surface area (Å²) in [6.45, 7) is 7.29. The number of hydrogen-bond donors (Lipinski definition) is 1. The normalized spacial score (nSPS) is 12.0. The molecule has 0 unspecified atom stereocenters. The minimum atomic E-state index is 0.165. The zero-order chi connectivity index (χ0) is 9.19. The lowest BCUT2D eigenvalue weighted by atomic mass is 10.1. The number of aromatic nitrogens is 1. The van der Waals surface area contributed by atoms with E-state index in [-0.39, 0.29) is 5.54 Å². The van der Waals surface area contributed by atoms with Crippen molar-refractivity contribution >= 4 is 27.3 Å². The van der Waals surface area contributed by atoms with E-state index in [0.717, 1.165) is 16.2 Å². The predicted octanol–water partition coefficient (Wildman–Crippen LogP) is 2.79. The summed E-state index contributed by atoms with van der Waals surface area (Å²) in [6.07, 6.45) is 0. The lowest BCUT2D eigenvalue weighted by Crippen LogP contribution is -2.34. The third-order valence-corrected chi connectivity index (χ3v) is 2.85. The van der Waals surface area contributed by atoms with Crippen LogP contribution in [0.15, 0.2) is 9.98 Å². The van der Waals surface area contributed by atoms with Crippen LogP contribution in [0.2, 0.25) is 0 Å². The van der Waals surface area contributed by atoms with Crippen molar-refractivity contribution in [2.75, 3.05) is 0 Å². The van der Waals surface area contributed by atoms with Gasteiger partial charge in [-0.3, -0.25) is 0 Å². The summed E-state index contributed by atoms with van der Waals surface area (Å²) in [7, 11) is 0. The van der Waals surface area contributed by atoms with Gasteiger partial charge >= 0.3 is 0 Å². The molecule has 1 aromatic rings. The molecule has 68 valence electrons. The van der Waals surface area contributed by atoms with Crippen molar-refractivity contribution in [1.29, 1.82) is 0 Å². The van der Waals surface area contributed by atoms with E-state index in [0.29, 0.717) is 0 Å². The van der Waals surface area contributed by atoms with Crippen LogP contribution in [0.4, 0.5) is 0 Å². The molecule has 0 saturated heterocycles. The quantitative estimate of drug-likeness (QED) is 0.871. The van der Waals surface area contributed by atoms with Gasteiger partial charge in [-0.2, -0.15) is 0 Å². The molecule has 0 aromatic carbocycles. The Kier molecular flexibility index (Phi) is 3.26. The van der Waals surface area contributed by atoms with Crippen LogP contribution < -0.4 is 5.32 Å². The molecule has 0 fully saturated rings. The predicted molar refractivity (Wildman–Crippen MR) is 56.4 cm³/mol. The molecule has 0 spiro atoms. The van der Waals surface area contributed by atoms with Gasteiger partial charge < -0.3 is 5.32 Å². The topological polar surface area (TPSA) is 24.9 Å². The van der Waals surface area contributed by atoms with E-state index in [9.17, 15) is 0 Å². The van der Waals surface area contributed by atoms with Gasteiger partial charge in [-0.1, -0.05) is 0 Å². The second-order valence-electron chi connectivity index (χ2n) is 3.67. The van der Waals surface area contributed by atoms with Crippen LogP contribution >= 0.6 is 27.3 Å². The first-order valence-corrected chi connectivity index (χ1v) is 5.49. The minimum absolute atomic E-state index is 0.165. The second kappa shape index (κ2) is 3.85. The first kappa shape index (κ1) is 10.2. The maximum atomic E-state index is 4.29. The Morgan fingerprint density at radius 2 is 2.25 bits per heavy atom. The molecule has 1 rings (SSSR count). The minimum Gasteiger partial charge on any atom is -0.306 e. The Labute approximate surface area is 85.5 Å². The average Bonchev–Trinajstić information content (AvgIpc) is 2.30. The highest BCUT2D eigenvalue weighted by atomic mass is 79.9. The highest BCUT2D eigenvalue weighted by Gasteiger charge is 2.09. The SMILES string of the molecule is CC(C)(C)NCc1nc(Br)cs1. The lowest BCUT2D eigenvalue weighted by molar-refractivity contribution is 0.423. The molecule has 12 heavy (non-hydrogen) atoms. The highest BCUT2D eigenvalue weighted by Crippen LogP contribution is 2.15. The molecule has 0 aliphatic carbocycles. The van der Waals surface area contributed by atoms with Crippen molar-refractivity contribution in [3.8, 4) is 0 Å². The van der Waals surface area contributed by atoms with Crippen LogP contribution in [-0.2, 0) is 6.54 Å².